The quantitative estimate of drug-likeness (QED) is 0.658. The number of rotatable bonds is 5. The van der Waals surface area contributed by atoms with Crippen LogP contribution in [0, 0.1) is 11.3 Å². The van der Waals surface area contributed by atoms with Gasteiger partial charge in [-0.2, -0.15) is 0 Å². The highest BCUT2D eigenvalue weighted by Crippen LogP contribution is 2.20. The van der Waals surface area contributed by atoms with Gasteiger partial charge in [0.05, 0.1) is 6.61 Å². The zero-order valence-electron chi connectivity index (χ0n) is 10.8. The molecule has 0 rings (SSSR count). The van der Waals surface area contributed by atoms with Crippen molar-refractivity contribution in [3.05, 3.63) is 0 Å². The van der Waals surface area contributed by atoms with Gasteiger partial charge in [0.2, 0.25) is 0 Å². The van der Waals surface area contributed by atoms with E-state index in [2.05, 4.69) is 20.8 Å². The standard InChI is InChI=1S/C12H24O3/c1-7-12(5,6)8-14-11(13)15-10(4)9(2)3/h9-10H,7-8H2,1-6H3/t10-/m0/s1. The Hall–Kier alpha value is -0.730. The highest BCUT2D eigenvalue weighted by molar-refractivity contribution is 5.60. The molecule has 0 fully saturated rings. The Morgan fingerprint density at radius 1 is 1.27 bits per heavy atom. The molecule has 0 aromatic heterocycles. The summed E-state index contributed by atoms with van der Waals surface area (Å²) in [5.74, 6) is 0.316. The fourth-order valence-corrected chi connectivity index (χ4v) is 0.678. The fraction of sp³-hybridized carbons (Fsp3) is 0.917. The van der Waals surface area contributed by atoms with Crippen molar-refractivity contribution in [2.75, 3.05) is 6.61 Å². The Morgan fingerprint density at radius 3 is 2.20 bits per heavy atom. The van der Waals surface area contributed by atoms with Crippen LogP contribution in [0.1, 0.15) is 48.0 Å². The van der Waals surface area contributed by atoms with E-state index in [1.165, 1.54) is 0 Å². The maximum absolute atomic E-state index is 11.3. The number of hydrogen-bond acceptors (Lipinski definition) is 3. The van der Waals surface area contributed by atoms with Gasteiger partial charge >= 0.3 is 6.16 Å². The number of hydrogen-bond donors (Lipinski definition) is 0. The molecule has 0 heterocycles. The van der Waals surface area contributed by atoms with E-state index in [0.29, 0.717) is 12.5 Å². The first kappa shape index (κ1) is 14.3. The molecule has 0 aliphatic carbocycles. The van der Waals surface area contributed by atoms with E-state index in [1.807, 2.05) is 20.8 Å². The average Bonchev–Trinajstić information content (AvgIpc) is 2.15. The van der Waals surface area contributed by atoms with Crippen molar-refractivity contribution in [1.29, 1.82) is 0 Å². The normalized spacial score (nSPS) is 13.8. The third kappa shape index (κ3) is 6.37. The second kappa shape index (κ2) is 5.99. The molecule has 0 aromatic carbocycles. The molecule has 0 aliphatic heterocycles. The van der Waals surface area contributed by atoms with Crippen LogP contribution in [0.4, 0.5) is 4.79 Å². The summed E-state index contributed by atoms with van der Waals surface area (Å²) in [6.45, 7) is 12.5. The van der Waals surface area contributed by atoms with E-state index in [0.717, 1.165) is 6.42 Å². The van der Waals surface area contributed by atoms with Crippen molar-refractivity contribution in [1.82, 2.24) is 0 Å². The van der Waals surface area contributed by atoms with Crippen LogP contribution in [-0.4, -0.2) is 18.9 Å². The third-order valence-electron chi connectivity index (χ3n) is 2.76. The number of ether oxygens (including phenoxy) is 2. The smallest absolute Gasteiger partial charge is 0.434 e. The molecule has 0 unspecified atom stereocenters. The monoisotopic (exact) mass is 216 g/mol. The van der Waals surface area contributed by atoms with Gasteiger partial charge in [-0.05, 0) is 24.7 Å². The highest BCUT2D eigenvalue weighted by Gasteiger charge is 2.20. The molecule has 0 saturated carbocycles. The summed E-state index contributed by atoms with van der Waals surface area (Å²) >= 11 is 0. The van der Waals surface area contributed by atoms with E-state index in [1.54, 1.807) is 0 Å². The summed E-state index contributed by atoms with van der Waals surface area (Å²) in [4.78, 5) is 11.3. The Bertz CT molecular complexity index is 197. The minimum atomic E-state index is -0.558. The molecular weight excluding hydrogens is 192 g/mol. The highest BCUT2D eigenvalue weighted by atomic mass is 16.7. The molecular formula is C12H24O3. The van der Waals surface area contributed by atoms with Gasteiger partial charge in [0.15, 0.2) is 0 Å². The van der Waals surface area contributed by atoms with Gasteiger partial charge in [0.1, 0.15) is 6.10 Å². The maximum atomic E-state index is 11.3. The van der Waals surface area contributed by atoms with Crippen molar-refractivity contribution in [3.63, 3.8) is 0 Å². The van der Waals surface area contributed by atoms with Gasteiger partial charge in [-0.3, -0.25) is 0 Å². The SMILES string of the molecule is CCC(C)(C)COC(=O)O[C@@H](C)C(C)C. The zero-order valence-corrected chi connectivity index (χ0v) is 10.8. The van der Waals surface area contributed by atoms with E-state index >= 15 is 0 Å². The molecule has 0 amide bonds. The molecule has 15 heavy (non-hydrogen) atoms. The fourth-order valence-electron chi connectivity index (χ4n) is 0.678. The van der Waals surface area contributed by atoms with Gasteiger partial charge in [-0.25, -0.2) is 4.79 Å². The van der Waals surface area contributed by atoms with Gasteiger partial charge in [-0.1, -0.05) is 34.6 Å². The van der Waals surface area contributed by atoms with Gasteiger partial charge < -0.3 is 9.47 Å². The Labute approximate surface area is 93.1 Å². The number of carbonyl (C=O) groups is 1. The first-order chi connectivity index (χ1) is 6.78. The second-order valence-corrected chi connectivity index (χ2v) is 5.12. The summed E-state index contributed by atoms with van der Waals surface area (Å²) in [5, 5.41) is 0. The maximum Gasteiger partial charge on any atom is 0.508 e. The van der Waals surface area contributed by atoms with E-state index in [9.17, 15) is 4.79 Å². The van der Waals surface area contributed by atoms with Crippen LogP contribution in [0.25, 0.3) is 0 Å². The average molecular weight is 216 g/mol. The zero-order chi connectivity index (χ0) is 12.1. The first-order valence-electron chi connectivity index (χ1n) is 5.62. The summed E-state index contributed by atoms with van der Waals surface area (Å²) < 4.78 is 10.1. The van der Waals surface area contributed by atoms with E-state index < -0.39 is 6.16 Å². The van der Waals surface area contributed by atoms with Crippen molar-refractivity contribution in [3.8, 4) is 0 Å². The molecule has 0 saturated heterocycles. The molecule has 0 bridgehead atoms. The molecule has 0 radical (unpaired) electrons. The van der Waals surface area contributed by atoms with Gasteiger partial charge in [0, 0.05) is 0 Å². The van der Waals surface area contributed by atoms with Crippen LogP contribution in [0.2, 0.25) is 0 Å². The lowest BCUT2D eigenvalue weighted by molar-refractivity contribution is -0.00287. The molecule has 0 aromatic rings. The predicted molar refractivity (Wildman–Crippen MR) is 60.8 cm³/mol. The van der Waals surface area contributed by atoms with E-state index in [-0.39, 0.29) is 11.5 Å². The lowest BCUT2D eigenvalue weighted by Crippen LogP contribution is -2.25. The van der Waals surface area contributed by atoms with Crippen LogP contribution in [-0.2, 0) is 9.47 Å². The molecule has 0 N–H and O–H groups in total. The Kier molecular flexibility index (Phi) is 5.69. The lowest BCUT2D eigenvalue weighted by Gasteiger charge is -2.23. The van der Waals surface area contributed by atoms with E-state index in [4.69, 9.17) is 9.47 Å². The Balaban J connectivity index is 3.86. The number of carbonyl (C=O) groups excluding carboxylic acids is 1. The largest absolute Gasteiger partial charge is 0.508 e. The molecule has 1 atom stereocenters. The first-order valence-corrected chi connectivity index (χ1v) is 5.62. The third-order valence-corrected chi connectivity index (χ3v) is 2.76. The van der Waals surface area contributed by atoms with Crippen LogP contribution in [0.3, 0.4) is 0 Å². The minimum absolute atomic E-state index is 0.0279. The van der Waals surface area contributed by atoms with Crippen molar-refractivity contribution in [2.45, 2.75) is 54.1 Å². The van der Waals surface area contributed by atoms with Crippen molar-refractivity contribution >= 4 is 6.16 Å². The summed E-state index contributed by atoms with van der Waals surface area (Å²) in [6, 6.07) is 0. The van der Waals surface area contributed by atoms with Crippen LogP contribution < -0.4 is 0 Å². The Morgan fingerprint density at radius 2 is 1.80 bits per heavy atom. The van der Waals surface area contributed by atoms with Crippen molar-refractivity contribution in [2.24, 2.45) is 11.3 Å². The van der Waals surface area contributed by atoms with Gasteiger partial charge in [0.25, 0.3) is 0 Å². The topological polar surface area (TPSA) is 35.5 Å². The molecule has 3 nitrogen and oxygen atoms in total. The summed E-state index contributed by atoms with van der Waals surface area (Å²) in [6.07, 6.45) is 0.319. The van der Waals surface area contributed by atoms with Crippen LogP contribution in [0.15, 0.2) is 0 Å². The molecule has 0 aliphatic rings. The minimum Gasteiger partial charge on any atom is -0.434 e. The molecule has 0 spiro atoms. The van der Waals surface area contributed by atoms with Crippen LogP contribution >= 0.6 is 0 Å². The predicted octanol–water partition coefficient (Wildman–Crippen LogP) is 3.62. The molecule has 3 heteroatoms. The van der Waals surface area contributed by atoms with Crippen molar-refractivity contribution < 1.29 is 14.3 Å². The summed E-state index contributed by atoms with van der Waals surface area (Å²) in [7, 11) is 0. The van der Waals surface area contributed by atoms with Gasteiger partial charge in [-0.15, -0.1) is 0 Å². The summed E-state index contributed by atoms with van der Waals surface area (Å²) in [5.41, 5.74) is 0.0279. The van der Waals surface area contributed by atoms with Crippen LogP contribution in [0.5, 0.6) is 0 Å². The molecule has 90 valence electrons. The second-order valence-electron chi connectivity index (χ2n) is 5.12. The lowest BCUT2D eigenvalue weighted by atomic mass is 9.92.